The molecule has 2 aromatic heterocycles. The quantitative estimate of drug-likeness (QED) is 0.721. The first-order chi connectivity index (χ1) is 9.08. The summed E-state index contributed by atoms with van der Waals surface area (Å²) in [4.78, 5) is 10.6. The van der Waals surface area contributed by atoms with Gasteiger partial charge in [0.25, 0.3) is 0 Å². The molecular weight excluding hydrogens is 250 g/mol. The third-order valence-electron chi connectivity index (χ3n) is 2.68. The maximum Gasteiger partial charge on any atom is 0.358 e. The van der Waals surface area contributed by atoms with Gasteiger partial charge in [0.05, 0.1) is 18.8 Å². The molecule has 0 bridgehead atoms. The van der Waals surface area contributed by atoms with Crippen LogP contribution in [0.3, 0.4) is 0 Å². The molecule has 0 aliphatic heterocycles. The second-order valence-corrected chi connectivity index (χ2v) is 4.15. The Morgan fingerprint density at radius 3 is 2.89 bits per heavy atom. The van der Waals surface area contributed by atoms with Crippen molar-refractivity contribution in [1.29, 1.82) is 0 Å². The maximum absolute atomic E-state index is 10.6. The third kappa shape index (κ3) is 3.13. The van der Waals surface area contributed by atoms with Gasteiger partial charge in [0.15, 0.2) is 5.69 Å². The second-order valence-electron chi connectivity index (χ2n) is 4.15. The lowest BCUT2D eigenvalue weighted by Crippen LogP contribution is -2.25. The molecule has 0 fully saturated rings. The molecule has 2 heterocycles. The fourth-order valence-corrected chi connectivity index (χ4v) is 1.68. The van der Waals surface area contributed by atoms with Crippen LogP contribution in [0.5, 0.6) is 0 Å². The number of carboxylic acids is 1. The Labute approximate surface area is 109 Å². The summed E-state index contributed by atoms with van der Waals surface area (Å²) >= 11 is 0. The van der Waals surface area contributed by atoms with E-state index < -0.39 is 5.97 Å². The van der Waals surface area contributed by atoms with Crippen molar-refractivity contribution in [3.05, 3.63) is 24.0 Å². The van der Waals surface area contributed by atoms with Gasteiger partial charge < -0.3 is 15.0 Å². The molecule has 19 heavy (non-hydrogen) atoms. The molecule has 2 aromatic rings. The molecule has 9 nitrogen and oxygen atoms in total. The van der Waals surface area contributed by atoms with Crippen molar-refractivity contribution >= 4 is 5.97 Å². The lowest BCUT2D eigenvalue weighted by atomic mass is 10.3. The zero-order chi connectivity index (χ0) is 13.8. The monoisotopic (exact) mass is 265 g/mol. The molecule has 2 rings (SSSR count). The maximum atomic E-state index is 10.6. The van der Waals surface area contributed by atoms with Gasteiger partial charge in [-0.1, -0.05) is 5.21 Å². The van der Waals surface area contributed by atoms with E-state index >= 15 is 0 Å². The molecule has 0 aliphatic carbocycles. The SMILES string of the molecule is CC(NCCn1cc(C(=O)O)nn1)c1nncn1C. The van der Waals surface area contributed by atoms with Crippen LogP contribution in [0.4, 0.5) is 0 Å². The van der Waals surface area contributed by atoms with Gasteiger partial charge in [-0.25, -0.2) is 4.79 Å². The van der Waals surface area contributed by atoms with Gasteiger partial charge in [-0.2, -0.15) is 0 Å². The van der Waals surface area contributed by atoms with Crippen LogP contribution in [0.2, 0.25) is 0 Å². The van der Waals surface area contributed by atoms with Crippen molar-refractivity contribution in [2.45, 2.75) is 19.5 Å². The highest BCUT2D eigenvalue weighted by Crippen LogP contribution is 2.06. The summed E-state index contributed by atoms with van der Waals surface area (Å²) in [5, 5.41) is 27.1. The minimum atomic E-state index is -1.08. The van der Waals surface area contributed by atoms with Crippen molar-refractivity contribution in [3.8, 4) is 0 Å². The summed E-state index contributed by atoms with van der Waals surface area (Å²) < 4.78 is 3.33. The predicted octanol–water partition coefficient (Wildman–Crippen LogP) is -0.544. The Morgan fingerprint density at radius 2 is 2.32 bits per heavy atom. The number of aromatic nitrogens is 6. The summed E-state index contributed by atoms with van der Waals surface area (Å²) in [6, 6.07) is 0.0509. The largest absolute Gasteiger partial charge is 0.476 e. The lowest BCUT2D eigenvalue weighted by Gasteiger charge is -2.12. The van der Waals surface area contributed by atoms with Crippen LogP contribution in [0.1, 0.15) is 29.3 Å². The van der Waals surface area contributed by atoms with Crippen molar-refractivity contribution in [2.75, 3.05) is 6.54 Å². The number of carbonyl (C=O) groups is 1. The van der Waals surface area contributed by atoms with Gasteiger partial charge in [-0.05, 0) is 6.92 Å². The Hall–Kier alpha value is -2.29. The summed E-state index contributed by atoms with van der Waals surface area (Å²) in [6.07, 6.45) is 3.04. The molecule has 1 unspecified atom stereocenters. The molecule has 0 amide bonds. The average Bonchev–Trinajstić information content (AvgIpc) is 2.97. The highest BCUT2D eigenvalue weighted by atomic mass is 16.4. The standard InChI is InChI=1S/C10H15N7O2/c1-7(9-14-12-6-16(9)2)11-3-4-17-5-8(10(18)19)13-15-17/h5-7,11H,3-4H2,1-2H3,(H,18,19). The van der Waals surface area contributed by atoms with E-state index in [0.717, 1.165) is 5.82 Å². The molecule has 0 aromatic carbocycles. The molecule has 102 valence electrons. The Bertz CT molecular complexity index is 562. The minimum Gasteiger partial charge on any atom is -0.476 e. The molecule has 2 N–H and O–H groups in total. The smallest absolute Gasteiger partial charge is 0.358 e. The van der Waals surface area contributed by atoms with Gasteiger partial charge in [0.1, 0.15) is 12.2 Å². The van der Waals surface area contributed by atoms with Crippen molar-refractivity contribution in [2.24, 2.45) is 7.05 Å². The van der Waals surface area contributed by atoms with Crippen LogP contribution in [0.25, 0.3) is 0 Å². The Balaban J connectivity index is 1.83. The van der Waals surface area contributed by atoms with Gasteiger partial charge in [-0.15, -0.1) is 15.3 Å². The molecule has 1 atom stereocenters. The Kier molecular flexibility index (Phi) is 3.85. The molecule has 0 saturated carbocycles. The number of rotatable bonds is 6. The van der Waals surface area contributed by atoms with Crippen LogP contribution in [0.15, 0.2) is 12.5 Å². The second kappa shape index (κ2) is 5.57. The number of hydrogen-bond acceptors (Lipinski definition) is 6. The number of nitrogens with zero attached hydrogens (tertiary/aromatic N) is 6. The van der Waals surface area contributed by atoms with Crippen LogP contribution in [-0.2, 0) is 13.6 Å². The first-order valence-corrected chi connectivity index (χ1v) is 5.78. The van der Waals surface area contributed by atoms with Gasteiger partial charge in [0.2, 0.25) is 0 Å². The fourth-order valence-electron chi connectivity index (χ4n) is 1.68. The van der Waals surface area contributed by atoms with Gasteiger partial charge in [0, 0.05) is 13.6 Å². The number of carboxylic acid groups (broad SMARTS) is 1. The highest BCUT2D eigenvalue weighted by Gasteiger charge is 2.11. The van der Waals surface area contributed by atoms with Crippen molar-refractivity contribution in [3.63, 3.8) is 0 Å². The fraction of sp³-hybridized carbons (Fsp3) is 0.500. The van der Waals surface area contributed by atoms with E-state index in [0.29, 0.717) is 13.1 Å². The number of hydrogen-bond donors (Lipinski definition) is 2. The van der Waals surface area contributed by atoms with Crippen LogP contribution in [0, 0.1) is 0 Å². The topological polar surface area (TPSA) is 111 Å². The number of nitrogens with one attached hydrogen (secondary N) is 1. The predicted molar refractivity (Wildman–Crippen MR) is 64.4 cm³/mol. The van der Waals surface area contributed by atoms with E-state index in [1.54, 1.807) is 6.33 Å². The molecule has 0 radical (unpaired) electrons. The zero-order valence-electron chi connectivity index (χ0n) is 10.7. The normalized spacial score (nSPS) is 12.5. The van der Waals surface area contributed by atoms with Gasteiger partial charge in [-0.3, -0.25) is 4.68 Å². The van der Waals surface area contributed by atoms with Crippen molar-refractivity contribution < 1.29 is 9.90 Å². The molecule has 0 saturated heterocycles. The van der Waals surface area contributed by atoms with E-state index in [9.17, 15) is 4.79 Å². The third-order valence-corrected chi connectivity index (χ3v) is 2.68. The summed E-state index contributed by atoms with van der Waals surface area (Å²) in [6.45, 7) is 3.13. The molecule has 0 aliphatic rings. The van der Waals surface area contributed by atoms with Gasteiger partial charge >= 0.3 is 5.97 Å². The van der Waals surface area contributed by atoms with Crippen LogP contribution < -0.4 is 5.32 Å². The van der Waals surface area contributed by atoms with E-state index in [1.807, 2.05) is 18.5 Å². The average molecular weight is 265 g/mol. The van der Waals surface area contributed by atoms with E-state index in [1.165, 1.54) is 10.9 Å². The molecule has 0 spiro atoms. The zero-order valence-corrected chi connectivity index (χ0v) is 10.7. The molecular formula is C10H15N7O2. The lowest BCUT2D eigenvalue weighted by molar-refractivity contribution is 0.0690. The minimum absolute atomic E-state index is 0.0509. The van der Waals surface area contributed by atoms with E-state index in [2.05, 4.69) is 25.8 Å². The van der Waals surface area contributed by atoms with E-state index in [-0.39, 0.29) is 11.7 Å². The van der Waals surface area contributed by atoms with Crippen LogP contribution in [-0.4, -0.2) is 47.4 Å². The Morgan fingerprint density at radius 1 is 1.53 bits per heavy atom. The summed E-state index contributed by atoms with van der Waals surface area (Å²) in [5.74, 6) is -0.239. The van der Waals surface area contributed by atoms with Crippen molar-refractivity contribution in [1.82, 2.24) is 35.1 Å². The summed E-state index contributed by atoms with van der Waals surface area (Å²) in [5.41, 5.74) is -0.0543. The first kappa shape index (κ1) is 13.1. The number of aromatic carboxylic acids is 1. The first-order valence-electron chi connectivity index (χ1n) is 5.78. The summed E-state index contributed by atoms with van der Waals surface area (Å²) in [7, 11) is 1.88. The van der Waals surface area contributed by atoms with Crippen LogP contribution >= 0.6 is 0 Å². The molecule has 9 heteroatoms. The number of aryl methyl sites for hydroxylation is 1. The highest BCUT2D eigenvalue weighted by molar-refractivity contribution is 5.84. The van der Waals surface area contributed by atoms with E-state index in [4.69, 9.17) is 5.11 Å².